The minimum absolute atomic E-state index is 0.113. The number of benzene rings is 1. The fourth-order valence-corrected chi connectivity index (χ4v) is 3.16. The first-order valence-electron chi connectivity index (χ1n) is 7.42. The van der Waals surface area contributed by atoms with Crippen molar-refractivity contribution in [2.45, 2.75) is 31.9 Å². The molecule has 0 aliphatic carbocycles. The molecule has 1 N–H and O–H groups in total. The molecule has 1 aromatic heterocycles. The third kappa shape index (κ3) is 3.86. The number of anilines is 1. The van der Waals surface area contributed by atoms with E-state index in [4.69, 9.17) is 4.74 Å². The highest BCUT2D eigenvalue weighted by Gasteiger charge is 2.15. The Labute approximate surface area is 143 Å². The van der Waals surface area contributed by atoms with Crippen LogP contribution in [0.1, 0.15) is 29.6 Å². The van der Waals surface area contributed by atoms with Gasteiger partial charge in [0.15, 0.2) is 0 Å². The fraction of sp³-hybridized carbons (Fsp3) is 0.375. The number of hydrogen-bond acceptors (Lipinski definition) is 3. The summed E-state index contributed by atoms with van der Waals surface area (Å²) in [7, 11) is 0. The van der Waals surface area contributed by atoms with Crippen LogP contribution < -0.4 is 5.32 Å². The molecule has 1 atom stereocenters. The molecule has 1 saturated heterocycles. The summed E-state index contributed by atoms with van der Waals surface area (Å²) in [4.78, 5) is 12.3. The lowest BCUT2D eigenvalue weighted by Gasteiger charge is -2.22. The van der Waals surface area contributed by atoms with E-state index in [2.05, 4.69) is 33.0 Å². The lowest BCUT2D eigenvalue weighted by molar-refractivity contribution is 0.00401. The van der Waals surface area contributed by atoms with Gasteiger partial charge in [0.1, 0.15) is 0 Å². The molecule has 0 spiro atoms. The Balaban J connectivity index is 1.61. The molecule has 1 aliphatic heterocycles. The molecule has 22 heavy (non-hydrogen) atoms. The van der Waals surface area contributed by atoms with E-state index in [1.54, 1.807) is 6.20 Å². The van der Waals surface area contributed by atoms with Crippen molar-refractivity contribution in [2.75, 3.05) is 11.9 Å². The third-order valence-electron chi connectivity index (χ3n) is 3.67. The van der Waals surface area contributed by atoms with E-state index < -0.39 is 0 Å². The normalized spacial score (nSPS) is 18.1. The maximum Gasteiger partial charge on any atom is 0.256 e. The van der Waals surface area contributed by atoms with Gasteiger partial charge in [-0.1, -0.05) is 12.1 Å². The summed E-state index contributed by atoms with van der Waals surface area (Å²) in [5.41, 5.74) is 1.38. The van der Waals surface area contributed by atoms with E-state index in [1.165, 1.54) is 6.42 Å². The van der Waals surface area contributed by atoms with Gasteiger partial charge in [0.05, 0.1) is 30.1 Å². The van der Waals surface area contributed by atoms with Crippen LogP contribution in [0.5, 0.6) is 0 Å². The molecule has 0 saturated carbocycles. The highest BCUT2D eigenvalue weighted by atomic mass is 127. The molecule has 3 rings (SSSR count). The molecule has 116 valence electrons. The van der Waals surface area contributed by atoms with Crippen LogP contribution in [0.4, 0.5) is 5.69 Å². The summed E-state index contributed by atoms with van der Waals surface area (Å²) in [6, 6.07) is 7.51. The van der Waals surface area contributed by atoms with Gasteiger partial charge in [-0.25, -0.2) is 0 Å². The quantitative estimate of drug-likeness (QED) is 0.786. The lowest BCUT2D eigenvalue weighted by Crippen LogP contribution is -2.24. The SMILES string of the molecule is O=C(Nc1cnn(CC2CCCCO2)c1)c1ccccc1I. The molecule has 0 radical (unpaired) electrons. The van der Waals surface area contributed by atoms with E-state index in [0.717, 1.165) is 29.6 Å². The number of ether oxygens (including phenoxy) is 1. The van der Waals surface area contributed by atoms with Gasteiger partial charge in [-0.3, -0.25) is 9.48 Å². The Morgan fingerprint density at radius 1 is 1.41 bits per heavy atom. The number of amides is 1. The van der Waals surface area contributed by atoms with Crippen molar-refractivity contribution in [1.29, 1.82) is 0 Å². The summed E-state index contributed by atoms with van der Waals surface area (Å²) < 4.78 is 8.47. The van der Waals surface area contributed by atoms with Crippen LogP contribution in [-0.2, 0) is 11.3 Å². The Morgan fingerprint density at radius 2 is 2.27 bits per heavy atom. The van der Waals surface area contributed by atoms with Crippen LogP contribution in [0.25, 0.3) is 0 Å². The first kappa shape index (κ1) is 15.5. The molecular formula is C16H18IN3O2. The average molecular weight is 411 g/mol. The number of carbonyl (C=O) groups is 1. The van der Waals surface area contributed by atoms with Crippen LogP contribution in [-0.4, -0.2) is 28.4 Å². The highest BCUT2D eigenvalue weighted by Crippen LogP contribution is 2.17. The van der Waals surface area contributed by atoms with Gasteiger partial charge in [0.2, 0.25) is 0 Å². The number of nitrogens with one attached hydrogen (secondary N) is 1. The van der Waals surface area contributed by atoms with Crippen molar-refractivity contribution in [3.8, 4) is 0 Å². The molecule has 0 bridgehead atoms. The Bertz CT molecular complexity index is 650. The second-order valence-electron chi connectivity index (χ2n) is 5.37. The number of rotatable bonds is 4. The van der Waals surface area contributed by atoms with E-state index in [-0.39, 0.29) is 12.0 Å². The van der Waals surface area contributed by atoms with Crippen molar-refractivity contribution in [3.05, 3.63) is 45.8 Å². The zero-order valence-corrected chi connectivity index (χ0v) is 14.3. The third-order valence-corrected chi connectivity index (χ3v) is 4.61. The zero-order valence-electron chi connectivity index (χ0n) is 12.2. The van der Waals surface area contributed by atoms with E-state index in [1.807, 2.05) is 35.1 Å². The molecule has 1 unspecified atom stereocenters. The van der Waals surface area contributed by atoms with Crippen molar-refractivity contribution >= 4 is 34.2 Å². The van der Waals surface area contributed by atoms with Crippen molar-refractivity contribution in [3.63, 3.8) is 0 Å². The first-order chi connectivity index (χ1) is 10.7. The number of halogens is 1. The number of aromatic nitrogens is 2. The predicted molar refractivity (Wildman–Crippen MR) is 92.9 cm³/mol. The van der Waals surface area contributed by atoms with Crippen molar-refractivity contribution < 1.29 is 9.53 Å². The fourth-order valence-electron chi connectivity index (χ4n) is 2.53. The Morgan fingerprint density at radius 3 is 3.05 bits per heavy atom. The van der Waals surface area contributed by atoms with Crippen LogP contribution in [0.15, 0.2) is 36.7 Å². The highest BCUT2D eigenvalue weighted by molar-refractivity contribution is 14.1. The predicted octanol–water partition coefficient (Wildman–Crippen LogP) is 3.31. The van der Waals surface area contributed by atoms with E-state index >= 15 is 0 Å². The molecule has 1 amide bonds. The summed E-state index contributed by atoms with van der Waals surface area (Å²) in [6.07, 6.45) is 7.19. The van der Waals surface area contributed by atoms with Crippen LogP contribution in [0.2, 0.25) is 0 Å². The minimum atomic E-state index is -0.113. The summed E-state index contributed by atoms with van der Waals surface area (Å²) in [6.45, 7) is 1.57. The van der Waals surface area contributed by atoms with Crippen molar-refractivity contribution in [1.82, 2.24) is 9.78 Å². The second kappa shape index (κ2) is 7.23. The lowest BCUT2D eigenvalue weighted by atomic mass is 10.1. The summed E-state index contributed by atoms with van der Waals surface area (Å²) in [5, 5.41) is 7.19. The van der Waals surface area contributed by atoms with Crippen LogP contribution in [0, 0.1) is 3.57 Å². The van der Waals surface area contributed by atoms with Gasteiger partial charge in [-0.15, -0.1) is 0 Å². The number of nitrogens with zero attached hydrogens (tertiary/aromatic N) is 2. The molecular weight excluding hydrogens is 393 g/mol. The van der Waals surface area contributed by atoms with Crippen LogP contribution >= 0.6 is 22.6 Å². The Kier molecular flexibility index (Phi) is 5.09. The summed E-state index contributed by atoms with van der Waals surface area (Å²) >= 11 is 2.16. The minimum Gasteiger partial charge on any atom is -0.376 e. The largest absolute Gasteiger partial charge is 0.376 e. The zero-order chi connectivity index (χ0) is 15.4. The van der Waals surface area contributed by atoms with Crippen molar-refractivity contribution in [2.24, 2.45) is 0 Å². The average Bonchev–Trinajstić information content (AvgIpc) is 2.95. The van der Waals surface area contributed by atoms with Gasteiger partial charge in [0.25, 0.3) is 5.91 Å². The van der Waals surface area contributed by atoms with Crippen LogP contribution in [0.3, 0.4) is 0 Å². The maximum atomic E-state index is 12.3. The number of hydrogen-bond donors (Lipinski definition) is 1. The topological polar surface area (TPSA) is 56.2 Å². The van der Waals surface area contributed by atoms with E-state index in [0.29, 0.717) is 11.3 Å². The summed E-state index contributed by atoms with van der Waals surface area (Å²) in [5.74, 6) is -0.113. The second-order valence-corrected chi connectivity index (χ2v) is 6.54. The van der Waals surface area contributed by atoms with Gasteiger partial charge in [0, 0.05) is 16.4 Å². The van der Waals surface area contributed by atoms with E-state index in [9.17, 15) is 4.79 Å². The molecule has 6 heteroatoms. The molecule has 2 aromatic rings. The molecule has 1 aromatic carbocycles. The smallest absolute Gasteiger partial charge is 0.256 e. The Hall–Kier alpha value is -1.41. The van der Waals surface area contributed by atoms with Gasteiger partial charge >= 0.3 is 0 Å². The van der Waals surface area contributed by atoms with Gasteiger partial charge in [-0.2, -0.15) is 5.10 Å². The standard InChI is InChI=1S/C16H18IN3O2/c17-15-7-2-1-6-14(15)16(21)19-12-9-18-20(10-12)11-13-5-3-4-8-22-13/h1-2,6-7,9-10,13H,3-5,8,11H2,(H,19,21). The molecule has 1 aliphatic rings. The van der Waals surface area contributed by atoms with Gasteiger partial charge < -0.3 is 10.1 Å². The monoisotopic (exact) mass is 411 g/mol. The maximum absolute atomic E-state index is 12.3. The number of carbonyl (C=O) groups excluding carboxylic acids is 1. The first-order valence-corrected chi connectivity index (χ1v) is 8.50. The molecule has 2 heterocycles. The van der Waals surface area contributed by atoms with Gasteiger partial charge in [-0.05, 0) is 54.0 Å². The molecule has 1 fully saturated rings. The molecule has 5 nitrogen and oxygen atoms in total.